The molecule has 0 bridgehead atoms. The van der Waals surface area contributed by atoms with Gasteiger partial charge in [0.2, 0.25) is 0 Å². The summed E-state index contributed by atoms with van der Waals surface area (Å²) in [6.45, 7) is 2.79. The van der Waals surface area contributed by atoms with E-state index < -0.39 is 22.5 Å². The Bertz CT molecular complexity index is 885. The molecule has 8 nitrogen and oxygen atoms in total. The van der Waals surface area contributed by atoms with E-state index in [1.165, 1.54) is 39.2 Å². The molecule has 0 aliphatic rings. The largest absolute Gasteiger partial charge is 0.467 e. The third kappa shape index (κ3) is 4.66. The summed E-state index contributed by atoms with van der Waals surface area (Å²) in [5.74, 6) is -0.751. The molecule has 2 aromatic rings. The van der Waals surface area contributed by atoms with Crippen molar-refractivity contribution >= 4 is 39.4 Å². The van der Waals surface area contributed by atoms with Crippen LogP contribution >= 0.6 is 15.9 Å². The number of ether oxygens (including phenoxy) is 2. The van der Waals surface area contributed by atoms with Crippen molar-refractivity contribution in [3.05, 3.63) is 68.7 Å². The zero-order chi connectivity index (χ0) is 20.9. The molecule has 0 aromatic heterocycles. The molecule has 0 saturated heterocycles. The van der Waals surface area contributed by atoms with E-state index in [9.17, 15) is 19.7 Å². The summed E-state index contributed by atoms with van der Waals surface area (Å²) in [4.78, 5) is 37.1. The summed E-state index contributed by atoms with van der Waals surface area (Å²) < 4.78 is 10.6. The van der Waals surface area contributed by atoms with E-state index in [2.05, 4.69) is 15.9 Å². The second kappa shape index (κ2) is 8.83. The van der Waals surface area contributed by atoms with Gasteiger partial charge in [-0.3, -0.25) is 15.0 Å². The van der Waals surface area contributed by atoms with Crippen LogP contribution in [-0.2, 0) is 20.9 Å². The van der Waals surface area contributed by atoms with E-state index >= 15 is 0 Å². The summed E-state index contributed by atoms with van der Waals surface area (Å²) >= 11 is 3.24. The van der Waals surface area contributed by atoms with Gasteiger partial charge in [-0.25, -0.2) is 9.59 Å². The fraction of sp³-hybridized carbons (Fsp3) is 0.263. The molecular formula is C19H19BrN2O6. The van der Waals surface area contributed by atoms with Crippen LogP contribution in [0, 0.1) is 10.1 Å². The van der Waals surface area contributed by atoms with Crippen molar-refractivity contribution in [2.45, 2.75) is 26.0 Å². The molecule has 0 N–H and O–H groups in total. The van der Waals surface area contributed by atoms with Gasteiger partial charge in [-0.15, -0.1) is 0 Å². The minimum atomic E-state index is -1.56. The molecule has 0 spiro atoms. The van der Waals surface area contributed by atoms with Crippen LogP contribution in [-0.4, -0.2) is 29.6 Å². The lowest BCUT2D eigenvalue weighted by atomic mass is 10.0. The molecule has 2 rings (SSSR count). The maximum Gasteiger partial charge on any atom is 0.415 e. The molecule has 0 atom stereocenters. The van der Waals surface area contributed by atoms with Crippen LogP contribution in [0.4, 0.5) is 16.2 Å². The molecule has 0 saturated carbocycles. The van der Waals surface area contributed by atoms with E-state index in [1.54, 1.807) is 24.3 Å². The first-order valence-corrected chi connectivity index (χ1v) is 9.01. The van der Waals surface area contributed by atoms with Gasteiger partial charge in [0.05, 0.1) is 12.0 Å². The number of benzene rings is 2. The molecule has 1 amide bonds. The number of rotatable bonds is 6. The predicted molar refractivity (Wildman–Crippen MR) is 106 cm³/mol. The molecule has 0 heterocycles. The van der Waals surface area contributed by atoms with Gasteiger partial charge >= 0.3 is 12.1 Å². The van der Waals surface area contributed by atoms with Crippen LogP contribution in [0.1, 0.15) is 19.4 Å². The first-order chi connectivity index (χ1) is 13.2. The van der Waals surface area contributed by atoms with Gasteiger partial charge < -0.3 is 9.47 Å². The molecule has 148 valence electrons. The number of nitro groups is 1. The molecule has 0 fully saturated rings. The maximum absolute atomic E-state index is 12.9. The molecule has 0 radical (unpaired) electrons. The lowest BCUT2D eigenvalue weighted by molar-refractivity contribution is -0.384. The van der Waals surface area contributed by atoms with Crippen molar-refractivity contribution in [2.24, 2.45) is 0 Å². The van der Waals surface area contributed by atoms with Crippen LogP contribution in [0.2, 0.25) is 0 Å². The molecular weight excluding hydrogens is 432 g/mol. The Morgan fingerprint density at radius 2 is 1.82 bits per heavy atom. The highest BCUT2D eigenvalue weighted by atomic mass is 79.9. The number of esters is 1. The molecule has 28 heavy (non-hydrogen) atoms. The van der Waals surface area contributed by atoms with Crippen LogP contribution in [0.3, 0.4) is 0 Å². The highest BCUT2D eigenvalue weighted by Crippen LogP contribution is 2.36. The summed E-state index contributed by atoms with van der Waals surface area (Å²) in [6, 6.07) is 13.0. The zero-order valence-corrected chi connectivity index (χ0v) is 17.1. The Kier molecular flexibility index (Phi) is 6.74. The Morgan fingerprint density at radius 3 is 2.39 bits per heavy atom. The zero-order valence-electron chi connectivity index (χ0n) is 15.5. The van der Waals surface area contributed by atoms with E-state index in [1.807, 2.05) is 6.07 Å². The Balaban J connectivity index is 2.49. The van der Waals surface area contributed by atoms with Gasteiger partial charge in [-0.2, -0.15) is 0 Å². The second-order valence-electron chi connectivity index (χ2n) is 6.32. The number of hydrogen-bond acceptors (Lipinski definition) is 6. The highest BCUT2D eigenvalue weighted by molar-refractivity contribution is 9.10. The van der Waals surface area contributed by atoms with Gasteiger partial charge in [0.25, 0.3) is 5.69 Å². The molecule has 0 unspecified atom stereocenters. The average molecular weight is 451 g/mol. The van der Waals surface area contributed by atoms with Crippen LogP contribution in [0.15, 0.2) is 53.0 Å². The smallest absolute Gasteiger partial charge is 0.415 e. The summed E-state index contributed by atoms with van der Waals surface area (Å²) in [5, 5.41) is 11.5. The quantitative estimate of drug-likeness (QED) is 0.366. The predicted octanol–water partition coefficient (Wildman–Crippen LogP) is 4.45. The van der Waals surface area contributed by atoms with Crippen molar-refractivity contribution in [1.82, 2.24) is 0 Å². The third-order valence-corrected chi connectivity index (χ3v) is 4.50. The molecule has 0 aliphatic carbocycles. The number of carbonyl (C=O) groups excluding carboxylic acids is 2. The first kappa shape index (κ1) is 21.4. The lowest BCUT2D eigenvalue weighted by Gasteiger charge is -2.34. The van der Waals surface area contributed by atoms with Gasteiger partial charge in [-0.05, 0) is 31.5 Å². The normalized spacial score (nSPS) is 10.9. The molecule has 0 aliphatic heterocycles. The third-order valence-electron chi connectivity index (χ3n) is 4.01. The second-order valence-corrected chi connectivity index (χ2v) is 7.23. The number of halogens is 1. The van der Waals surface area contributed by atoms with E-state index in [0.29, 0.717) is 4.47 Å². The van der Waals surface area contributed by atoms with Crippen molar-refractivity contribution in [1.29, 1.82) is 0 Å². The van der Waals surface area contributed by atoms with Gasteiger partial charge in [0.15, 0.2) is 0 Å². The van der Waals surface area contributed by atoms with Gasteiger partial charge in [-0.1, -0.05) is 46.3 Å². The van der Waals surface area contributed by atoms with Crippen molar-refractivity contribution < 1.29 is 24.0 Å². The fourth-order valence-electron chi connectivity index (χ4n) is 2.58. The van der Waals surface area contributed by atoms with Crippen LogP contribution < -0.4 is 4.90 Å². The SMILES string of the molecule is COC(=O)C(C)(C)N(C(=O)OCc1ccccc1)c1cc(Br)ccc1[N+](=O)[O-]. The van der Waals surface area contributed by atoms with E-state index in [0.717, 1.165) is 10.5 Å². The van der Waals surface area contributed by atoms with Crippen LogP contribution in [0.5, 0.6) is 0 Å². The topological polar surface area (TPSA) is 99.0 Å². The number of anilines is 1. The van der Waals surface area contributed by atoms with Gasteiger partial charge in [0, 0.05) is 10.5 Å². The van der Waals surface area contributed by atoms with Crippen molar-refractivity contribution in [3.63, 3.8) is 0 Å². The van der Waals surface area contributed by atoms with Gasteiger partial charge in [0.1, 0.15) is 17.8 Å². The average Bonchev–Trinajstić information content (AvgIpc) is 2.66. The van der Waals surface area contributed by atoms with E-state index in [-0.39, 0.29) is 18.0 Å². The molecule has 9 heteroatoms. The minimum absolute atomic E-state index is 0.0603. The standard InChI is InChI=1S/C19H19BrN2O6/c1-19(2,17(23)27-3)21(16-11-14(20)9-10-15(16)22(25)26)18(24)28-12-13-7-5-4-6-8-13/h4-11H,12H2,1-3H3. The van der Waals surface area contributed by atoms with E-state index in [4.69, 9.17) is 9.47 Å². The number of methoxy groups -OCH3 is 1. The van der Waals surface area contributed by atoms with Crippen LogP contribution in [0.25, 0.3) is 0 Å². The summed E-state index contributed by atoms with van der Waals surface area (Å²) in [7, 11) is 1.17. The fourth-order valence-corrected chi connectivity index (χ4v) is 2.93. The van der Waals surface area contributed by atoms with Crippen molar-refractivity contribution in [2.75, 3.05) is 12.0 Å². The Labute approximate surface area is 170 Å². The summed E-state index contributed by atoms with van der Waals surface area (Å²) in [6.07, 6.45) is -0.916. The number of amides is 1. The number of nitro benzene ring substituents is 1. The molecule has 2 aromatic carbocycles. The lowest BCUT2D eigenvalue weighted by Crippen LogP contribution is -2.54. The van der Waals surface area contributed by atoms with Crippen molar-refractivity contribution in [3.8, 4) is 0 Å². The first-order valence-electron chi connectivity index (χ1n) is 8.21. The Hall–Kier alpha value is -2.94. The highest BCUT2D eigenvalue weighted by Gasteiger charge is 2.44. The maximum atomic E-state index is 12.9. The minimum Gasteiger partial charge on any atom is -0.467 e. The number of hydrogen-bond donors (Lipinski definition) is 0. The Morgan fingerprint density at radius 1 is 1.18 bits per heavy atom. The summed E-state index contributed by atoms with van der Waals surface area (Å²) in [5.41, 5.74) is -1.27. The number of nitrogens with zero attached hydrogens (tertiary/aromatic N) is 2. The monoisotopic (exact) mass is 450 g/mol. The number of carbonyl (C=O) groups is 2.